The van der Waals surface area contributed by atoms with Crippen molar-refractivity contribution in [2.45, 2.75) is 26.3 Å². The Labute approximate surface area is 152 Å². The van der Waals surface area contributed by atoms with E-state index in [0.717, 1.165) is 22.0 Å². The van der Waals surface area contributed by atoms with Gasteiger partial charge in [0.15, 0.2) is 0 Å². The zero-order chi connectivity index (χ0) is 18.5. The van der Waals surface area contributed by atoms with Crippen LogP contribution in [0.2, 0.25) is 0 Å². The zero-order valence-electron chi connectivity index (χ0n) is 14.9. The van der Waals surface area contributed by atoms with Crippen molar-refractivity contribution >= 4 is 22.8 Å². The van der Waals surface area contributed by atoms with Gasteiger partial charge in [0.1, 0.15) is 6.04 Å². The average molecular weight is 350 g/mol. The third kappa shape index (κ3) is 3.94. The molecule has 1 heterocycles. The molecule has 1 amide bonds. The highest BCUT2D eigenvalue weighted by Crippen LogP contribution is 2.19. The van der Waals surface area contributed by atoms with Crippen molar-refractivity contribution in [1.82, 2.24) is 10.3 Å². The predicted molar refractivity (Wildman–Crippen MR) is 101 cm³/mol. The molecular weight excluding hydrogens is 328 g/mol. The van der Waals surface area contributed by atoms with Gasteiger partial charge in [-0.1, -0.05) is 35.9 Å². The SMILES string of the molecule is CCOC(=O)[C@@H](Cc1c[nH]c2ccccc12)NC(=O)c1ccc(C)cc1. The Hall–Kier alpha value is -3.08. The number of carbonyl (C=O) groups excluding carboxylic acids is 2. The van der Waals surface area contributed by atoms with E-state index in [1.54, 1.807) is 19.1 Å². The van der Waals surface area contributed by atoms with Crippen LogP contribution in [-0.2, 0) is 16.0 Å². The molecule has 0 unspecified atom stereocenters. The summed E-state index contributed by atoms with van der Waals surface area (Å²) >= 11 is 0. The number of amides is 1. The minimum Gasteiger partial charge on any atom is -0.464 e. The van der Waals surface area contributed by atoms with Crippen molar-refractivity contribution in [2.24, 2.45) is 0 Å². The van der Waals surface area contributed by atoms with Gasteiger partial charge in [0.25, 0.3) is 5.91 Å². The van der Waals surface area contributed by atoms with Crippen molar-refractivity contribution in [3.05, 3.63) is 71.4 Å². The van der Waals surface area contributed by atoms with Crippen LogP contribution < -0.4 is 5.32 Å². The number of nitrogens with one attached hydrogen (secondary N) is 2. The Kier molecular flexibility index (Phi) is 5.37. The molecular formula is C21H22N2O3. The number of rotatable bonds is 6. The van der Waals surface area contributed by atoms with E-state index in [2.05, 4.69) is 10.3 Å². The van der Waals surface area contributed by atoms with Crippen LogP contribution in [0, 0.1) is 6.92 Å². The van der Waals surface area contributed by atoms with E-state index in [4.69, 9.17) is 4.74 Å². The lowest BCUT2D eigenvalue weighted by Gasteiger charge is -2.17. The number of para-hydroxylation sites is 1. The molecule has 2 aromatic carbocycles. The molecule has 2 N–H and O–H groups in total. The summed E-state index contributed by atoms with van der Waals surface area (Å²) < 4.78 is 5.16. The van der Waals surface area contributed by atoms with E-state index in [0.29, 0.717) is 12.0 Å². The first kappa shape index (κ1) is 17.7. The predicted octanol–water partition coefficient (Wildman–Crippen LogP) is 3.38. The lowest BCUT2D eigenvalue weighted by molar-refractivity contribution is -0.145. The number of esters is 1. The second-order valence-electron chi connectivity index (χ2n) is 6.21. The zero-order valence-corrected chi connectivity index (χ0v) is 14.9. The van der Waals surface area contributed by atoms with Crippen molar-refractivity contribution < 1.29 is 14.3 Å². The molecule has 134 valence electrons. The third-order valence-electron chi connectivity index (χ3n) is 4.29. The monoisotopic (exact) mass is 350 g/mol. The maximum absolute atomic E-state index is 12.5. The molecule has 0 aliphatic carbocycles. The highest BCUT2D eigenvalue weighted by Gasteiger charge is 2.24. The smallest absolute Gasteiger partial charge is 0.328 e. The molecule has 0 bridgehead atoms. The fourth-order valence-electron chi connectivity index (χ4n) is 2.90. The molecule has 0 saturated carbocycles. The second-order valence-corrected chi connectivity index (χ2v) is 6.21. The van der Waals surface area contributed by atoms with Crippen LogP contribution >= 0.6 is 0 Å². The largest absolute Gasteiger partial charge is 0.464 e. The van der Waals surface area contributed by atoms with Gasteiger partial charge < -0.3 is 15.0 Å². The molecule has 26 heavy (non-hydrogen) atoms. The molecule has 0 saturated heterocycles. The summed E-state index contributed by atoms with van der Waals surface area (Å²) in [6.07, 6.45) is 2.23. The quantitative estimate of drug-likeness (QED) is 0.670. The molecule has 5 heteroatoms. The van der Waals surface area contributed by atoms with Gasteiger partial charge in [0.05, 0.1) is 6.61 Å². The second kappa shape index (κ2) is 7.87. The number of fused-ring (bicyclic) bond motifs is 1. The summed E-state index contributed by atoms with van der Waals surface area (Å²) in [6.45, 7) is 3.98. The summed E-state index contributed by atoms with van der Waals surface area (Å²) in [5, 5.41) is 3.85. The van der Waals surface area contributed by atoms with Crippen LogP contribution in [-0.4, -0.2) is 29.5 Å². The first-order chi connectivity index (χ1) is 12.6. The molecule has 0 aliphatic heterocycles. The molecule has 1 aromatic heterocycles. The Balaban J connectivity index is 1.82. The van der Waals surface area contributed by atoms with E-state index >= 15 is 0 Å². The minimum absolute atomic E-state index is 0.267. The number of aromatic nitrogens is 1. The van der Waals surface area contributed by atoms with Crippen molar-refractivity contribution in [1.29, 1.82) is 0 Å². The fraction of sp³-hybridized carbons (Fsp3) is 0.238. The van der Waals surface area contributed by atoms with Gasteiger partial charge in [-0.15, -0.1) is 0 Å². The maximum Gasteiger partial charge on any atom is 0.328 e. The fourth-order valence-corrected chi connectivity index (χ4v) is 2.90. The Morgan fingerprint density at radius 2 is 1.85 bits per heavy atom. The van der Waals surface area contributed by atoms with Crippen LogP contribution in [0.5, 0.6) is 0 Å². The number of H-pyrrole nitrogens is 1. The first-order valence-electron chi connectivity index (χ1n) is 8.67. The summed E-state index contributed by atoms with van der Waals surface area (Å²) in [4.78, 5) is 28.1. The van der Waals surface area contributed by atoms with E-state index < -0.39 is 12.0 Å². The van der Waals surface area contributed by atoms with Gasteiger partial charge in [0.2, 0.25) is 0 Å². The van der Waals surface area contributed by atoms with E-state index in [9.17, 15) is 9.59 Å². The molecule has 0 spiro atoms. The number of aryl methyl sites for hydroxylation is 1. The van der Waals surface area contributed by atoms with Gasteiger partial charge in [0, 0.05) is 29.1 Å². The minimum atomic E-state index is -0.747. The standard InChI is InChI=1S/C21H22N2O3/c1-3-26-21(25)19(23-20(24)15-10-8-14(2)9-11-15)12-16-13-22-18-7-5-4-6-17(16)18/h4-11,13,19,22H,3,12H2,1-2H3,(H,23,24)/t19-/m1/s1. The molecule has 1 atom stereocenters. The normalized spacial score (nSPS) is 11.9. The summed E-state index contributed by atoms with van der Waals surface area (Å²) in [5.74, 6) is -0.721. The van der Waals surface area contributed by atoms with Gasteiger partial charge >= 0.3 is 5.97 Å². The first-order valence-corrected chi connectivity index (χ1v) is 8.67. The van der Waals surface area contributed by atoms with Gasteiger partial charge in [-0.05, 0) is 37.6 Å². The van der Waals surface area contributed by atoms with Crippen LogP contribution in [0.3, 0.4) is 0 Å². The Bertz CT molecular complexity index is 912. The highest BCUT2D eigenvalue weighted by atomic mass is 16.5. The molecule has 0 fully saturated rings. The molecule has 5 nitrogen and oxygen atoms in total. The maximum atomic E-state index is 12.5. The lowest BCUT2D eigenvalue weighted by atomic mass is 10.0. The molecule has 3 rings (SSSR count). The highest BCUT2D eigenvalue weighted by molar-refractivity contribution is 5.97. The molecule has 0 radical (unpaired) electrons. The van der Waals surface area contributed by atoms with Crippen molar-refractivity contribution in [3.63, 3.8) is 0 Å². The lowest BCUT2D eigenvalue weighted by Crippen LogP contribution is -2.43. The number of hydrogen-bond donors (Lipinski definition) is 2. The van der Waals surface area contributed by atoms with Gasteiger partial charge in [-0.3, -0.25) is 4.79 Å². The Morgan fingerprint density at radius 3 is 2.58 bits per heavy atom. The molecule has 3 aromatic rings. The van der Waals surface area contributed by atoms with Crippen molar-refractivity contribution in [3.8, 4) is 0 Å². The third-order valence-corrected chi connectivity index (χ3v) is 4.29. The summed E-state index contributed by atoms with van der Waals surface area (Å²) in [6, 6.07) is 14.4. The van der Waals surface area contributed by atoms with E-state index in [1.807, 2.05) is 49.5 Å². The Morgan fingerprint density at radius 1 is 1.12 bits per heavy atom. The van der Waals surface area contributed by atoms with Gasteiger partial charge in [-0.2, -0.15) is 0 Å². The number of benzene rings is 2. The molecule has 0 aliphatic rings. The number of hydrogen-bond acceptors (Lipinski definition) is 3. The van der Waals surface area contributed by atoms with Crippen LogP contribution in [0.25, 0.3) is 10.9 Å². The van der Waals surface area contributed by atoms with E-state index in [1.165, 1.54) is 0 Å². The summed E-state index contributed by atoms with van der Waals surface area (Å²) in [7, 11) is 0. The van der Waals surface area contributed by atoms with Crippen LogP contribution in [0.15, 0.2) is 54.7 Å². The number of aromatic amines is 1. The summed E-state index contributed by atoms with van der Waals surface area (Å²) in [5.41, 5.74) is 3.55. The van der Waals surface area contributed by atoms with Gasteiger partial charge in [-0.25, -0.2) is 4.79 Å². The average Bonchev–Trinajstić information content (AvgIpc) is 3.05. The topological polar surface area (TPSA) is 71.2 Å². The van der Waals surface area contributed by atoms with Crippen molar-refractivity contribution in [2.75, 3.05) is 6.61 Å². The number of carbonyl (C=O) groups is 2. The van der Waals surface area contributed by atoms with E-state index in [-0.39, 0.29) is 12.5 Å². The number of ether oxygens (including phenoxy) is 1. The van der Waals surface area contributed by atoms with Crippen LogP contribution in [0.4, 0.5) is 0 Å². The van der Waals surface area contributed by atoms with Crippen LogP contribution in [0.1, 0.15) is 28.4 Å².